The Hall–Kier alpha value is -2.62. The highest BCUT2D eigenvalue weighted by Gasteiger charge is 2.30. The topological polar surface area (TPSA) is 49.4 Å². The first-order valence-corrected chi connectivity index (χ1v) is 10.2. The first kappa shape index (κ1) is 21.7. The highest BCUT2D eigenvalue weighted by molar-refractivity contribution is 5.88. The largest absolute Gasteiger partial charge is 0.352 e. The summed E-state index contributed by atoms with van der Waals surface area (Å²) >= 11 is 0. The Labute approximate surface area is 169 Å². The molecule has 4 heteroatoms. The van der Waals surface area contributed by atoms with E-state index in [4.69, 9.17) is 0 Å². The number of benzene rings is 2. The average molecular weight is 381 g/mol. The van der Waals surface area contributed by atoms with Crippen molar-refractivity contribution in [3.63, 3.8) is 0 Å². The molecule has 2 atom stereocenters. The lowest BCUT2D eigenvalue weighted by molar-refractivity contribution is -0.141. The highest BCUT2D eigenvalue weighted by atomic mass is 16.2. The van der Waals surface area contributed by atoms with Gasteiger partial charge in [0.2, 0.25) is 11.8 Å². The summed E-state index contributed by atoms with van der Waals surface area (Å²) in [5.74, 6) is -0.0647. The molecule has 0 unspecified atom stereocenters. The van der Waals surface area contributed by atoms with E-state index in [-0.39, 0.29) is 17.9 Å². The molecule has 0 aliphatic rings. The van der Waals surface area contributed by atoms with Gasteiger partial charge < -0.3 is 10.2 Å². The first-order chi connectivity index (χ1) is 13.5. The maximum Gasteiger partial charge on any atom is 0.243 e. The number of hydrogen-bond acceptors (Lipinski definition) is 2. The van der Waals surface area contributed by atoms with E-state index in [1.54, 1.807) is 4.90 Å². The Bertz CT molecular complexity index is 731. The van der Waals surface area contributed by atoms with E-state index in [1.807, 2.05) is 81.4 Å². The molecule has 150 valence electrons. The number of amides is 2. The van der Waals surface area contributed by atoms with Gasteiger partial charge in [-0.2, -0.15) is 0 Å². The summed E-state index contributed by atoms with van der Waals surface area (Å²) < 4.78 is 0. The third kappa shape index (κ3) is 6.52. The van der Waals surface area contributed by atoms with Gasteiger partial charge in [0, 0.05) is 25.4 Å². The predicted molar refractivity (Wildman–Crippen MR) is 114 cm³/mol. The molecule has 0 spiro atoms. The van der Waals surface area contributed by atoms with Crippen LogP contribution in [-0.4, -0.2) is 28.8 Å². The van der Waals surface area contributed by atoms with E-state index in [2.05, 4.69) is 5.32 Å². The van der Waals surface area contributed by atoms with Crippen LogP contribution in [0.1, 0.15) is 51.2 Å². The van der Waals surface area contributed by atoms with Crippen LogP contribution in [-0.2, 0) is 22.6 Å². The summed E-state index contributed by atoms with van der Waals surface area (Å²) in [4.78, 5) is 27.9. The number of carbonyl (C=O) groups excluding carboxylic acids is 2. The van der Waals surface area contributed by atoms with Crippen LogP contribution in [0.3, 0.4) is 0 Å². The lowest BCUT2D eigenvalue weighted by atomic mass is 10.0. The molecule has 0 fully saturated rings. The molecule has 0 saturated carbocycles. The molecular formula is C24H32N2O2. The minimum absolute atomic E-state index is 0.0200. The standard InChI is InChI=1S/C24H32N2O2/c1-4-12-23(27)26(18-21-15-10-7-11-16-21)22(24(28)25-19(3)5-2)17-20-13-8-6-9-14-20/h6-11,13-16,19,22H,4-5,12,17-18H2,1-3H3,(H,25,28)/t19-,22+/m1/s1. The van der Waals surface area contributed by atoms with Gasteiger partial charge in [-0.25, -0.2) is 0 Å². The van der Waals surface area contributed by atoms with Crippen molar-refractivity contribution in [3.8, 4) is 0 Å². The normalized spacial score (nSPS) is 12.8. The Morgan fingerprint density at radius 2 is 1.50 bits per heavy atom. The summed E-state index contributed by atoms with van der Waals surface area (Å²) in [5.41, 5.74) is 2.08. The van der Waals surface area contributed by atoms with E-state index in [0.717, 1.165) is 24.0 Å². The molecule has 2 aromatic rings. The van der Waals surface area contributed by atoms with Gasteiger partial charge in [-0.3, -0.25) is 9.59 Å². The molecular weight excluding hydrogens is 348 g/mol. The molecule has 4 nitrogen and oxygen atoms in total. The van der Waals surface area contributed by atoms with Crippen LogP contribution in [0.2, 0.25) is 0 Å². The molecule has 28 heavy (non-hydrogen) atoms. The van der Waals surface area contributed by atoms with Crippen molar-refractivity contribution in [3.05, 3.63) is 71.8 Å². The molecule has 2 amide bonds. The second-order valence-electron chi connectivity index (χ2n) is 7.28. The van der Waals surface area contributed by atoms with Gasteiger partial charge in [0.1, 0.15) is 6.04 Å². The Morgan fingerprint density at radius 3 is 2.04 bits per heavy atom. The fraction of sp³-hybridized carbons (Fsp3) is 0.417. The molecule has 2 rings (SSSR count). The van der Waals surface area contributed by atoms with E-state index in [1.165, 1.54) is 0 Å². The molecule has 0 aromatic heterocycles. The van der Waals surface area contributed by atoms with Crippen molar-refractivity contribution in [2.24, 2.45) is 0 Å². The van der Waals surface area contributed by atoms with Gasteiger partial charge in [-0.05, 0) is 30.9 Å². The van der Waals surface area contributed by atoms with Crippen molar-refractivity contribution in [1.29, 1.82) is 0 Å². The van der Waals surface area contributed by atoms with Gasteiger partial charge >= 0.3 is 0 Å². The van der Waals surface area contributed by atoms with E-state index >= 15 is 0 Å². The number of nitrogens with zero attached hydrogens (tertiary/aromatic N) is 1. The molecule has 0 saturated heterocycles. The first-order valence-electron chi connectivity index (χ1n) is 10.2. The maximum atomic E-state index is 13.2. The van der Waals surface area contributed by atoms with Crippen LogP contribution in [0.5, 0.6) is 0 Å². The minimum Gasteiger partial charge on any atom is -0.352 e. The Morgan fingerprint density at radius 1 is 0.929 bits per heavy atom. The monoisotopic (exact) mass is 380 g/mol. The average Bonchev–Trinajstić information content (AvgIpc) is 2.72. The SMILES string of the molecule is CCCC(=O)N(Cc1ccccc1)[C@@H](Cc1ccccc1)C(=O)N[C@H](C)CC. The third-order valence-electron chi connectivity index (χ3n) is 4.93. The zero-order chi connectivity index (χ0) is 20.4. The molecule has 0 aliphatic heterocycles. The van der Waals surface area contributed by atoms with E-state index < -0.39 is 6.04 Å². The van der Waals surface area contributed by atoms with Crippen LogP contribution in [0.15, 0.2) is 60.7 Å². The quantitative estimate of drug-likeness (QED) is 0.666. The van der Waals surface area contributed by atoms with Crippen molar-refractivity contribution >= 4 is 11.8 Å². The van der Waals surface area contributed by atoms with Crippen molar-refractivity contribution in [2.75, 3.05) is 0 Å². The number of carbonyl (C=O) groups is 2. The zero-order valence-corrected chi connectivity index (χ0v) is 17.2. The minimum atomic E-state index is -0.532. The fourth-order valence-electron chi connectivity index (χ4n) is 3.13. The van der Waals surface area contributed by atoms with Gasteiger partial charge in [0.15, 0.2) is 0 Å². The second kappa shape index (κ2) is 11.3. The Kier molecular flexibility index (Phi) is 8.73. The molecule has 0 radical (unpaired) electrons. The van der Waals surface area contributed by atoms with Gasteiger partial charge in [-0.15, -0.1) is 0 Å². The molecule has 2 aromatic carbocycles. The smallest absolute Gasteiger partial charge is 0.243 e. The van der Waals surface area contributed by atoms with Crippen LogP contribution >= 0.6 is 0 Å². The summed E-state index contributed by atoms with van der Waals surface area (Å²) in [6.07, 6.45) is 2.56. The number of nitrogens with one attached hydrogen (secondary N) is 1. The zero-order valence-electron chi connectivity index (χ0n) is 17.2. The second-order valence-corrected chi connectivity index (χ2v) is 7.28. The van der Waals surface area contributed by atoms with Crippen LogP contribution in [0, 0.1) is 0 Å². The lowest BCUT2D eigenvalue weighted by Crippen LogP contribution is -2.52. The van der Waals surface area contributed by atoms with Crippen molar-refractivity contribution in [2.45, 2.75) is 65.1 Å². The number of hydrogen-bond donors (Lipinski definition) is 1. The van der Waals surface area contributed by atoms with Gasteiger partial charge in [0.25, 0.3) is 0 Å². The lowest BCUT2D eigenvalue weighted by Gasteiger charge is -2.32. The summed E-state index contributed by atoms with van der Waals surface area (Å²) in [6.45, 7) is 6.46. The molecule has 0 bridgehead atoms. The van der Waals surface area contributed by atoms with E-state index in [9.17, 15) is 9.59 Å². The summed E-state index contributed by atoms with van der Waals surface area (Å²) in [5, 5.41) is 3.08. The van der Waals surface area contributed by atoms with Gasteiger partial charge in [0.05, 0.1) is 0 Å². The van der Waals surface area contributed by atoms with Crippen molar-refractivity contribution in [1.82, 2.24) is 10.2 Å². The summed E-state index contributed by atoms with van der Waals surface area (Å²) in [7, 11) is 0. The Balaban J connectivity index is 2.34. The van der Waals surface area contributed by atoms with Crippen LogP contribution in [0.25, 0.3) is 0 Å². The van der Waals surface area contributed by atoms with Crippen LogP contribution < -0.4 is 5.32 Å². The fourth-order valence-corrected chi connectivity index (χ4v) is 3.13. The molecule has 1 N–H and O–H groups in total. The highest BCUT2D eigenvalue weighted by Crippen LogP contribution is 2.16. The predicted octanol–water partition coefficient (Wildman–Crippen LogP) is 4.34. The number of rotatable bonds is 10. The molecule has 0 heterocycles. The summed E-state index contributed by atoms with van der Waals surface area (Å²) in [6, 6.07) is 19.3. The van der Waals surface area contributed by atoms with E-state index in [0.29, 0.717) is 19.4 Å². The molecule has 0 aliphatic carbocycles. The van der Waals surface area contributed by atoms with Crippen molar-refractivity contribution < 1.29 is 9.59 Å². The maximum absolute atomic E-state index is 13.2. The third-order valence-corrected chi connectivity index (χ3v) is 4.93. The van der Waals surface area contributed by atoms with Gasteiger partial charge in [-0.1, -0.05) is 74.5 Å². The van der Waals surface area contributed by atoms with Crippen LogP contribution in [0.4, 0.5) is 0 Å².